The number of benzene rings is 1. The molecule has 6 nitrogen and oxygen atoms in total. The first-order valence-corrected chi connectivity index (χ1v) is 9.45. The maximum atomic E-state index is 13.1. The monoisotopic (exact) mass is 355 g/mol. The van der Waals surface area contributed by atoms with Crippen molar-refractivity contribution >= 4 is 23.5 Å². The van der Waals surface area contributed by atoms with Gasteiger partial charge in [0.25, 0.3) is 5.91 Å². The Morgan fingerprint density at radius 1 is 1.15 bits per heavy atom. The Balaban J connectivity index is 1.57. The first kappa shape index (κ1) is 17.1. The highest BCUT2D eigenvalue weighted by Gasteiger charge is 2.56. The molecule has 1 spiro atoms. The van der Waals surface area contributed by atoms with Gasteiger partial charge >= 0.3 is 6.03 Å². The van der Waals surface area contributed by atoms with Gasteiger partial charge in [0.2, 0.25) is 5.91 Å². The second-order valence-corrected chi connectivity index (χ2v) is 7.77. The number of hydrogen-bond donors (Lipinski definition) is 0. The number of para-hydroxylation sites is 1. The van der Waals surface area contributed by atoms with Crippen LogP contribution in [0, 0.1) is 0 Å². The van der Waals surface area contributed by atoms with E-state index in [0.717, 1.165) is 36.9 Å². The first-order chi connectivity index (χ1) is 12.5. The van der Waals surface area contributed by atoms with Crippen molar-refractivity contribution in [1.29, 1.82) is 0 Å². The highest BCUT2D eigenvalue weighted by molar-refractivity contribution is 6.10. The third-order valence-corrected chi connectivity index (χ3v) is 6.25. The highest BCUT2D eigenvalue weighted by Crippen LogP contribution is 2.40. The normalized spacial score (nSPS) is 24.5. The van der Waals surface area contributed by atoms with Crippen LogP contribution in [0.1, 0.15) is 44.6 Å². The summed E-state index contributed by atoms with van der Waals surface area (Å²) in [7, 11) is 1.70. The van der Waals surface area contributed by atoms with E-state index in [4.69, 9.17) is 0 Å². The topological polar surface area (TPSA) is 60.9 Å². The molecule has 1 saturated carbocycles. The lowest BCUT2D eigenvalue weighted by atomic mass is 9.81. The van der Waals surface area contributed by atoms with Gasteiger partial charge < -0.3 is 9.80 Å². The van der Waals surface area contributed by atoms with Gasteiger partial charge in [0.15, 0.2) is 0 Å². The van der Waals surface area contributed by atoms with Crippen LogP contribution in [-0.4, -0.2) is 52.8 Å². The van der Waals surface area contributed by atoms with Crippen LogP contribution in [-0.2, 0) is 16.0 Å². The number of hydrogen-bond acceptors (Lipinski definition) is 3. The van der Waals surface area contributed by atoms with Gasteiger partial charge in [-0.3, -0.25) is 14.5 Å². The Hall–Kier alpha value is -2.37. The predicted molar refractivity (Wildman–Crippen MR) is 97.8 cm³/mol. The number of imide groups is 1. The van der Waals surface area contributed by atoms with Gasteiger partial charge in [0.05, 0.1) is 0 Å². The molecule has 1 saturated heterocycles. The van der Waals surface area contributed by atoms with Gasteiger partial charge in [0, 0.05) is 18.8 Å². The number of likely N-dealkylation sites (N-methyl/N-ethyl adjacent to an activating group) is 1. The number of carbonyl (C=O) groups excluding carboxylic acids is 3. The van der Waals surface area contributed by atoms with E-state index in [9.17, 15) is 14.4 Å². The minimum absolute atomic E-state index is 0.0362. The molecule has 4 rings (SSSR count). The molecule has 1 aromatic rings. The predicted octanol–water partition coefficient (Wildman–Crippen LogP) is 2.56. The van der Waals surface area contributed by atoms with Crippen molar-refractivity contribution in [3.63, 3.8) is 0 Å². The summed E-state index contributed by atoms with van der Waals surface area (Å²) in [6.45, 7) is 1.82. The van der Waals surface area contributed by atoms with E-state index in [-0.39, 0.29) is 30.4 Å². The zero-order valence-electron chi connectivity index (χ0n) is 15.4. The molecule has 2 heterocycles. The molecule has 1 atom stereocenters. The van der Waals surface area contributed by atoms with E-state index >= 15 is 0 Å². The maximum absolute atomic E-state index is 13.1. The lowest BCUT2D eigenvalue weighted by molar-refractivity contribution is -0.136. The number of nitrogens with zero attached hydrogens (tertiary/aromatic N) is 3. The summed E-state index contributed by atoms with van der Waals surface area (Å²) in [5, 5.41) is 0. The van der Waals surface area contributed by atoms with E-state index in [0.29, 0.717) is 12.8 Å². The molecule has 3 aliphatic rings. The van der Waals surface area contributed by atoms with E-state index in [1.165, 1.54) is 4.90 Å². The van der Waals surface area contributed by atoms with Gasteiger partial charge in [0.1, 0.15) is 12.1 Å². The summed E-state index contributed by atoms with van der Waals surface area (Å²) < 4.78 is 0. The van der Waals surface area contributed by atoms with Crippen LogP contribution in [0.5, 0.6) is 0 Å². The quantitative estimate of drug-likeness (QED) is 0.766. The summed E-state index contributed by atoms with van der Waals surface area (Å²) in [4.78, 5) is 43.3. The molecule has 0 radical (unpaired) electrons. The smallest absolute Gasteiger partial charge is 0.313 e. The number of carbonyl (C=O) groups is 3. The van der Waals surface area contributed by atoms with Crippen LogP contribution < -0.4 is 4.90 Å². The van der Waals surface area contributed by atoms with Crippen molar-refractivity contribution in [3.05, 3.63) is 29.8 Å². The van der Waals surface area contributed by atoms with Crippen LogP contribution in [0.3, 0.4) is 0 Å². The molecular formula is C20H25N3O3. The Bertz CT molecular complexity index is 769. The number of fused-ring (bicyclic) bond motifs is 1. The molecule has 0 bridgehead atoms. The van der Waals surface area contributed by atoms with Crippen molar-refractivity contribution in [3.8, 4) is 0 Å². The van der Waals surface area contributed by atoms with Crippen LogP contribution in [0.4, 0.5) is 10.5 Å². The molecule has 26 heavy (non-hydrogen) atoms. The maximum Gasteiger partial charge on any atom is 0.327 e. The minimum atomic E-state index is -0.732. The van der Waals surface area contributed by atoms with Crippen LogP contribution in [0.25, 0.3) is 0 Å². The fourth-order valence-corrected chi connectivity index (χ4v) is 4.83. The third-order valence-electron chi connectivity index (χ3n) is 6.25. The Kier molecular flexibility index (Phi) is 4.01. The zero-order valence-corrected chi connectivity index (χ0v) is 15.4. The highest BCUT2D eigenvalue weighted by atomic mass is 16.2. The molecule has 0 unspecified atom stereocenters. The Morgan fingerprint density at radius 3 is 2.58 bits per heavy atom. The summed E-state index contributed by atoms with van der Waals surface area (Å²) >= 11 is 0. The van der Waals surface area contributed by atoms with Gasteiger partial charge in [-0.15, -0.1) is 0 Å². The van der Waals surface area contributed by atoms with Crippen LogP contribution in [0.15, 0.2) is 24.3 Å². The number of anilines is 1. The second-order valence-electron chi connectivity index (χ2n) is 7.77. The van der Waals surface area contributed by atoms with E-state index < -0.39 is 5.54 Å². The summed E-state index contributed by atoms with van der Waals surface area (Å²) in [5.41, 5.74) is 1.29. The molecule has 0 aromatic heterocycles. The van der Waals surface area contributed by atoms with E-state index in [1.54, 1.807) is 16.8 Å². The standard InChI is InChI=1S/C20H25N3O3/c1-14-12-15-8-4-5-9-16(15)23(14)17(24)13-22-18(25)20(21(2)19(22)26)10-6-3-7-11-20/h4-5,8-9,14H,3,6-7,10-13H2,1-2H3/t14-/m1/s1. The fourth-order valence-electron chi connectivity index (χ4n) is 4.83. The average Bonchev–Trinajstić information content (AvgIpc) is 3.06. The average molecular weight is 355 g/mol. The Labute approximate surface area is 153 Å². The molecular weight excluding hydrogens is 330 g/mol. The third kappa shape index (κ3) is 2.35. The van der Waals surface area contributed by atoms with Crippen molar-refractivity contribution in [1.82, 2.24) is 9.80 Å². The van der Waals surface area contributed by atoms with Crippen molar-refractivity contribution < 1.29 is 14.4 Å². The molecule has 6 heteroatoms. The zero-order chi connectivity index (χ0) is 18.5. The summed E-state index contributed by atoms with van der Waals surface area (Å²) in [6.07, 6.45) is 5.18. The number of rotatable bonds is 2. The number of urea groups is 1. The molecule has 138 valence electrons. The molecule has 2 fully saturated rings. The molecule has 2 aliphatic heterocycles. The summed E-state index contributed by atoms with van der Waals surface area (Å²) in [6, 6.07) is 7.53. The SMILES string of the molecule is C[C@@H]1Cc2ccccc2N1C(=O)CN1C(=O)N(C)C2(CCCCC2)C1=O. The van der Waals surface area contributed by atoms with Gasteiger partial charge in [-0.1, -0.05) is 37.5 Å². The molecule has 0 N–H and O–H groups in total. The van der Waals surface area contributed by atoms with Gasteiger partial charge in [-0.25, -0.2) is 4.79 Å². The van der Waals surface area contributed by atoms with Gasteiger partial charge in [-0.2, -0.15) is 0 Å². The lowest BCUT2D eigenvalue weighted by Gasteiger charge is -2.35. The van der Waals surface area contributed by atoms with Crippen LogP contribution in [0.2, 0.25) is 0 Å². The fraction of sp³-hybridized carbons (Fsp3) is 0.550. The largest absolute Gasteiger partial charge is 0.327 e. The van der Waals surface area contributed by atoms with Crippen molar-refractivity contribution in [2.45, 2.75) is 57.0 Å². The van der Waals surface area contributed by atoms with Crippen LogP contribution >= 0.6 is 0 Å². The molecule has 4 amide bonds. The lowest BCUT2D eigenvalue weighted by Crippen LogP contribution is -2.50. The van der Waals surface area contributed by atoms with Crippen molar-refractivity contribution in [2.24, 2.45) is 0 Å². The van der Waals surface area contributed by atoms with E-state index in [2.05, 4.69) is 0 Å². The summed E-state index contributed by atoms with van der Waals surface area (Å²) in [5.74, 6) is -0.386. The van der Waals surface area contributed by atoms with Gasteiger partial charge in [-0.05, 0) is 37.8 Å². The first-order valence-electron chi connectivity index (χ1n) is 9.45. The van der Waals surface area contributed by atoms with Crippen molar-refractivity contribution in [2.75, 3.05) is 18.5 Å². The second kappa shape index (κ2) is 6.11. The molecule has 1 aromatic carbocycles. The minimum Gasteiger partial charge on any atom is -0.313 e. The molecule has 1 aliphatic carbocycles. The van der Waals surface area contributed by atoms with E-state index in [1.807, 2.05) is 31.2 Å². The Morgan fingerprint density at radius 2 is 1.85 bits per heavy atom. The number of amides is 4.